The molecule has 1 aliphatic heterocycles. The fourth-order valence-electron chi connectivity index (χ4n) is 2.33. The molecule has 18 heavy (non-hydrogen) atoms. The number of rotatable bonds is 3. The zero-order valence-corrected chi connectivity index (χ0v) is 10.6. The van der Waals surface area contributed by atoms with Crippen LogP contribution in [0.5, 0.6) is 0 Å². The number of likely N-dealkylation sites (tertiary alicyclic amines) is 1. The van der Waals surface area contributed by atoms with Crippen molar-refractivity contribution < 1.29 is 9.59 Å². The van der Waals surface area contributed by atoms with Crippen LogP contribution < -0.4 is 5.73 Å². The van der Waals surface area contributed by atoms with E-state index in [9.17, 15) is 9.59 Å². The Bertz CT molecular complexity index is 435. The minimum absolute atomic E-state index is 0.00120. The molecule has 2 amide bonds. The van der Waals surface area contributed by atoms with Gasteiger partial charge in [-0.2, -0.15) is 0 Å². The summed E-state index contributed by atoms with van der Waals surface area (Å²) < 4.78 is 0. The van der Waals surface area contributed by atoms with Crippen LogP contribution in [-0.4, -0.2) is 23.3 Å². The number of hydrogen-bond acceptors (Lipinski definition) is 3. The maximum atomic E-state index is 11.9. The van der Waals surface area contributed by atoms with Gasteiger partial charge in [0.05, 0.1) is 0 Å². The van der Waals surface area contributed by atoms with E-state index in [4.69, 9.17) is 5.73 Å². The Labute approximate surface area is 107 Å². The van der Waals surface area contributed by atoms with E-state index in [-0.39, 0.29) is 17.7 Å². The molecule has 96 valence electrons. The van der Waals surface area contributed by atoms with E-state index in [2.05, 4.69) is 0 Å². The Morgan fingerprint density at radius 3 is 2.22 bits per heavy atom. The second-order valence-electron chi connectivity index (χ2n) is 4.71. The molecule has 4 nitrogen and oxygen atoms in total. The number of imide groups is 1. The highest BCUT2D eigenvalue weighted by molar-refractivity contribution is 5.98. The number of benzene rings is 1. The molecule has 0 unspecified atom stereocenters. The van der Waals surface area contributed by atoms with Crippen LogP contribution in [0.3, 0.4) is 0 Å². The molecule has 0 spiro atoms. The van der Waals surface area contributed by atoms with Crippen molar-refractivity contribution in [3.63, 3.8) is 0 Å². The molecule has 1 aliphatic rings. The molecule has 1 aromatic rings. The minimum atomic E-state index is -0.0603. The van der Waals surface area contributed by atoms with Gasteiger partial charge in [0.15, 0.2) is 0 Å². The van der Waals surface area contributed by atoms with Gasteiger partial charge in [-0.15, -0.1) is 0 Å². The summed E-state index contributed by atoms with van der Waals surface area (Å²) in [7, 11) is 0. The highest BCUT2D eigenvalue weighted by atomic mass is 16.2. The molecule has 1 aromatic carbocycles. The Hall–Kier alpha value is -1.84. The number of nitrogens with zero attached hydrogens (tertiary/aromatic N) is 1. The van der Waals surface area contributed by atoms with Crippen LogP contribution in [-0.2, 0) is 9.59 Å². The number of hydrogen-bond donors (Lipinski definition) is 1. The molecule has 1 saturated heterocycles. The van der Waals surface area contributed by atoms with E-state index < -0.39 is 0 Å². The van der Waals surface area contributed by atoms with Crippen molar-refractivity contribution in [2.24, 2.45) is 0 Å². The summed E-state index contributed by atoms with van der Waals surface area (Å²) in [5.41, 5.74) is 7.34. The van der Waals surface area contributed by atoms with Crippen LogP contribution in [0.2, 0.25) is 0 Å². The van der Waals surface area contributed by atoms with Crippen LogP contribution in [0, 0.1) is 0 Å². The molecular formula is C14H18N2O2. The van der Waals surface area contributed by atoms with Gasteiger partial charge in [0.25, 0.3) is 0 Å². The maximum absolute atomic E-state index is 11.9. The Kier molecular flexibility index (Phi) is 3.65. The number of nitrogen functional groups attached to an aromatic ring is 1. The SMILES string of the molecule is CCCN1C(=O)CC(c2ccc(N)cc2)CC1=O. The largest absolute Gasteiger partial charge is 0.399 e. The van der Waals surface area contributed by atoms with Crippen molar-refractivity contribution in [2.45, 2.75) is 32.1 Å². The Balaban J connectivity index is 2.12. The van der Waals surface area contributed by atoms with Crippen molar-refractivity contribution in [3.8, 4) is 0 Å². The number of carbonyl (C=O) groups is 2. The van der Waals surface area contributed by atoms with Gasteiger partial charge in [-0.3, -0.25) is 14.5 Å². The molecule has 0 saturated carbocycles. The van der Waals surface area contributed by atoms with Crippen molar-refractivity contribution in [2.75, 3.05) is 12.3 Å². The van der Waals surface area contributed by atoms with Crippen LogP contribution >= 0.6 is 0 Å². The molecule has 2 N–H and O–H groups in total. The molecule has 0 aromatic heterocycles. The van der Waals surface area contributed by atoms with Gasteiger partial charge in [0.1, 0.15) is 0 Å². The number of carbonyl (C=O) groups excluding carboxylic acids is 2. The molecule has 0 bridgehead atoms. The molecule has 4 heteroatoms. The summed E-state index contributed by atoms with van der Waals surface area (Å²) in [5.74, 6) is -0.122. The van der Waals surface area contributed by atoms with Crippen LogP contribution in [0.15, 0.2) is 24.3 Å². The predicted molar refractivity (Wildman–Crippen MR) is 69.8 cm³/mol. The average molecular weight is 246 g/mol. The molecule has 0 aliphatic carbocycles. The Morgan fingerprint density at radius 1 is 1.17 bits per heavy atom. The average Bonchev–Trinajstić information content (AvgIpc) is 2.34. The summed E-state index contributed by atoms with van der Waals surface area (Å²) in [4.78, 5) is 25.2. The van der Waals surface area contributed by atoms with Crippen LogP contribution in [0.1, 0.15) is 37.7 Å². The maximum Gasteiger partial charge on any atom is 0.229 e. The predicted octanol–water partition coefficient (Wildman–Crippen LogP) is 1.91. The van der Waals surface area contributed by atoms with Crippen molar-refractivity contribution in [3.05, 3.63) is 29.8 Å². The third-order valence-electron chi connectivity index (χ3n) is 3.30. The van der Waals surface area contributed by atoms with Gasteiger partial charge < -0.3 is 5.73 Å². The van der Waals surface area contributed by atoms with E-state index in [1.165, 1.54) is 4.90 Å². The molecule has 1 fully saturated rings. The van der Waals surface area contributed by atoms with Crippen molar-refractivity contribution >= 4 is 17.5 Å². The second kappa shape index (κ2) is 5.21. The van der Waals surface area contributed by atoms with Gasteiger partial charge in [-0.05, 0) is 24.1 Å². The van der Waals surface area contributed by atoms with Gasteiger partial charge in [0, 0.05) is 31.0 Å². The monoisotopic (exact) mass is 246 g/mol. The van der Waals surface area contributed by atoms with Gasteiger partial charge in [0.2, 0.25) is 11.8 Å². The summed E-state index contributed by atoms with van der Waals surface area (Å²) >= 11 is 0. The van der Waals surface area contributed by atoms with Gasteiger partial charge >= 0.3 is 0 Å². The minimum Gasteiger partial charge on any atom is -0.399 e. The van der Waals surface area contributed by atoms with Crippen LogP contribution in [0.25, 0.3) is 0 Å². The fourth-order valence-corrected chi connectivity index (χ4v) is 2.33. The van der Waals surface area contributed by atoms with Gasteiger partial charge in [-0.25, -0.2) is 0 Å². The molecule has 1 heterocycles. The number of amides is 2. The van der Waals surface area contributed by atoms with E-state index in [1.54, 1.807) is 0 Å². The van der Waals surface area contributed by atoms with Crippen LogP contribution in [0.4, 0.5) is 5.69 Å². The third-order valence-corrected chi connectivity index (χ3v) is 3.30. The molecular weight excluding hydrogens is 228 g/mol. The number of anilines is 1. The first-order valence-electron chi connectivity index (χ1n) is 6.30. The topological polar surface area (TPSA) is 63.4 Å². The molecule has 0 radical (unpaired) electrons. The normalized spacial score (nSPS) is 17.3. The number of piperidine rings is 1. The Morgan fingerprint density at radius 2 is 1.72 bits per heavy atom. The van der Waals surface area contributed by atoms with Crippen molar-refractivity contribution in [1.29, 1.82) is 0 Å². The summed E-state index contributed by atoms with van der Waals surface area (Å²) in [5, 5.41) is 0. The lowest BCUT2D eigenvalue weighted by Gasteiger charge is -2.30. The summed E-state index contributed by atoms with van der Waals surface area (Å²) in [6, 6.07) is 7.41. The zero-order valence-electron chi connectivity index (χ0n) is 10.6. The summed E-state index contributed by atoms with van der Waals surface area (Å²) in [6.45, 7) is 2.50. The number of nitrogens with two attached hydrogens (primary N) is 1. The van der Waals surface area contributed by atoms with E-state index in [0.717, 1.165) is 12.0 Å². The first kappa shape index (κ1) is 12.6. The summed E-state index contributed by atoms with van der Waals surface area (Å²) in [6.07, 6.45) is 1.63. The lowest BCUT2D eigenvalue weighted by molar-refractivity contribution is -0.148. The highest BCUT2D eigenvalue weighted by Crippen LogP contribution is 2.29. The first-order valence-corrected chi connectivity index (χ1v) is 6.30. The molecule has 2 rings (SSSR count). The first-order chi connectivity index (χ1) is 8.61. The second-order valence-corrected chi connectivity index (χ2v) is 4.71. The zero-order chi connectivity index (χ0) is 13.1. The standard InChI is InChI=1S/C14H18N2O2/c1-2-7-16-13(17)8-11(9-14(16)18)10-3-5-12(15)6-4-10/h3-6,11H,2,7-9,15H2,1H3. The smallest absolute Gasteiger partial charge is 0.229 e. The van der Waals surface area contributed by atoms with Gasteiger partial charge in [-0.1, -0.05) is 19.1 Å². The third kappa shape index (κ3) is 2.53. The van der Waals surface area contributed by atoms with E-state index in [1.807, 2.05) is 31.2 Å². The van der Waals surface area contributed by atoms with E-state index >= 15 is 0 Å². The molecule has 0 atom stereocenters. The lowest BCUT2D eigenvalue weighted by Crippen LogP contribution is -2.42. The quantitative estimate of drug-likeness (QED) is 0.654. The highest BCUT2D eigenvalue weighted by Gasteiger charge is 2.32. The van der Waals surface area contributed by atoms with Crippen molar-refractivity contribution in [1.82, 2.24) is 4.90 Å². The van der Waals surface area contributed by atoms with E-state index in [0.29, 0.717) is 25.1 Å². The lowest BCUT2D eigenvalue weighted by atomic mass is 9.88. The fraction of sp³-hybridized carbons (Fsp3) is 0.429.